The van der Waals surface area contributed by atoms with Gasteiger partial charge in [0.25, 0.3) is 0 Å². The summed E-state index contributed by atoms with van der Waals surface area (Å²) in [7, 11) is 0. The van der Waals surface area contributed by atoms with Crippen molar-refractivity contribution >= 4 is 41.8 Å². The van der Waals surface area contributed by atoms with Crippen LogP contribution in [0, 0.1) is 151 Å². The fourth-order valence-electron chi connectivity index (χ4n) is 27.5. The van der Waals surface area contributed by atoms with Crippen molar-refractivity contribution in [3.05, 3.63) is 0 Å². The van der Waals surface area contributed by atoms with Crippen LogP contribution in [0.1, 0.15) is 438 Å². The van der Waals surface area contributed by atoms with E-state index in [2.05, 4.69) is 96.9 Å². The van der Waals surface area contributed by atoms with Gasteiger partial charge in [0.05, 0.1) is 39.4 Å². The normalized spacial score (nSPS) is 40.9. The standard InChI is InChI=1S/C17H28O2.C17H30O2.C16H26O2.C15H26O2.2C14H24O2.C13H22O2/c1-5-16(2,3)15(18)19-17(4)10-11-9-14(17)13-8-6-7-12(11)13;1-8-14(2,3)13(18)19-17(7)15(4,5)12-9-10-16(17,6)11-12;1-4-10(2)15(17)18-16(3)9-11-8-14(16)13-7-5-6-12(11)13;1-5-14(3,4)13(16)17-15(6-2)10-11-7-8-12(15)9-11;1-5-13(2,3)12(15)16-14(4)9-10-6-7-11(14)8-10;1-4-10(3)13(15)16-14(5-2)9-11-6-7-12(14)8-11;1-4-9(2)12(14)15-13(3)8-10-5-6-11(13)7-10/h11-14H,5-10H2,1-4H3;12H,8-11H2,1-7H3;10-14H,4-9H2,1-3H3;11-12H,5-10H2,1-4H3;10-11H,5-9H2,1-4H3;10-12H,4-9H2,1-3H3;9-11H,4-8H2,1-3H3. The smallest absolute Gasteiger partial charge is 0.312 e. The average Bonchev–Trinajstić information content (AvgIpc) is 1.51. The highest BCUT2D eigenvalue weighted by atomic mass is 16.6. The van der Waals surface area contributed by atoms with E-state index in [1.165, 1.54) is 148 Å². The van der Waals surface area contributed by atoms with Crippen LogP contribution in [0.5, 0.6) is 0 Å². The Bertz CT molecular complexity index is 3520. The third kappa shape index (κ3) is 19.8. The SMILES string of the molecule is CCC(C)(C)C(=O)OC1(C)C2(C)CCC(C2)C1(C)C.CCC(C)(C)C(=O)OC1(C)CC2CC1C1CCCC21.CCC(C)(C)C(=O)OC1(C)CC2CCC1C2.CCC(C)(C)C(=O)OC1(CC)CC2CCC1C2.CCC(C)C(=O)OC1(C)CC2CC1C1CCCC21.CCC(C)C(=O)OC1(C)CC2CCC1C2.CCC(C)C(=O)OC1(CC)CC2CCC1C2. The maximum Gasteiger partial charge on any atom is 0.312 e. The first-order valence-corrected chi connectivity index (χ1v) is 50.5. The second-order valence-corrected chi connectivity index (χ2v) is 48.0. The van der Waals surface area contributed by atoms with Crippen molar-refractivity contribution in [2.45, 2.75) is 477 Å². The minimum atomic E-state index is -0.378. The zero-order chi connectivity index (χ0) is 88.9. The van der Waals surface area contributed by atoms with Crippen molar-refractivity contribution in [3.63, 3.8) is 0 Å². The molecule has 0 spiro atoms. The fourth-order valence-corrected chi connectivity index (χ4v) is 27.5. The first-order chi connectivity index (χ1) is 55.9. The second kappa shape index (κ2) is 37.5. The summed E-state index contributed by atoms with van der Waals surface area (Å²) >= 11 is 0. The van der Waals surface area contributed by atoms with Crippen LogP contribution in [-0.2, 0) is 66.7 Å². The third-order valence-corrected chi connectivity index (χ3v) is 38.9. The summed E-state index contributed by atoms with van der Waals surface area (Å²) < 4.78 is 41.7. The van der Waals surface area contributed by atoms with Crippen molar-refractivity contribution in [1.29, 1.82) is 0 Å². The Labute approximate surface area is 732 Å². The predicted molar refractivity (Wildman–Crippen MR) is 480 cm³/mol. The fraction of sp³-hybridized carbons (Fsp3) is 0.934. The number of ether oxygens (including phenoxy) is 7. The van der Waals surface area contributed by atoms with Gasteiger partial charge >= 0.3 is 41.8 Å². The molecule has 28 unspecified atom stereocenters. The number of esters is 7. The molecule has 16 saturated carbocycles. The highest BCUT2D eigenvalue weighted by Crippen LogP contribution is 2.71. The van der Waals surface area contributed by atoms with E-state index in [0.717, 1.165) is 155 Å². The van der Waals surface area contributed by atoms with E-state index in [4.69, 9.17) is 33.2 Å². The van der Waals surface area contributed by atoms with Crippen LogP contribution in [-0.4, -0.2) is 81.0 Å². The van der Waals surface area contributed by atoms with Gasteiger partial charge in [-0.3, -0.25) is 33.6 Å². The maximum absolute atomic E-state index is 12.5. The lowest BCUT2D eigenvalue weighted by molar-refractivity contribution is -0.202. The zero-order valence-electron chi connectivity index (χ0n) is 82.1. The molecule has 0 aliphatic heterocycles. The van der Waals surface area contributed by atoms with Gasteiger partial charge in [-0.2, -0.15) is 0 Å². The summed E-state index contributed by atoms with van der Waals surface area (Å²) in [6.45, 7) is 58.3. The highest BCUT2D eigenvalue weighted by molar-refractivity contribution is 5.78. The van der Waals surface area contributed by atoms with Gasteiger partial charge in [0.15, 0.2) is 0 Å². The number of rotatable bonds is 23. The van der Waals surface area contributed by atoms with E-state index >= 15 is 0 Å². The zero-order valence-corrected chi connectivity index (χ0v) is 82.1. The molecule has 0 aromatic heterocycles. The lowest BCUT2D eigenvalue weighted by Gasteiger charge is -2.51. The molecule has 0 aromatic carbocycles. The molecule has 0 saturated heterocycles. The van der Waals surface area contributed by atoms with Gasteiger partial charge in [-0.05, 0) is 410 Å². The summed E-state index contributed by atoms with van der Waals surface area (Å²) in [6, 6.07) is 0. The van der Waals surface area contributed by atoms with Gasteiger partial charge in [0.2, 0.25) is 0 Å². The van der Waals surface area contributed by atoms with Crippen molar-refractivity contribution in [3.8, 4) is 0 Å². The Balaban J connectivity index is 0.000000147. The Morgan fingerprint density at radius 1 is 0.317 bits per heavy atom. The van der Waals surface area contributed by atoms with E-state index in [9.17, 15) is 33.6 Å². The molecule has 0 radical (unpaired) electrons. The summed E-state index contributed by atoms with van der Waals surface area (Å²) in [6.07, 6.45) is 44.9. The van der Waals surface area contributed by atoms with Crippen LogP contribution < -0.4 is 0 Å². The van der Waals surface area contributed by atoms with Gasteiger partial charge in [-0.15, -0.1) is 0 Å². The molecule has 16 rings (SSSR count). The minimum Gasteiger partial charge on any atom is -0.459 e. The van der Waals surface area contributed by atoms with E-state index < -0.39 is 0 Å². The van der Waals surface area contributed by atoms with Crippen LogP contribution in [0.4, 0.5) is 0 Å². The summed E-state index contributed by atoms with van der Waals surface area (Å²) in [5.74, 6) is 13.3. The monoisotopic (exact) mass is 1680 g/mol. The lowest BCUT2D eigenvalue weighted by atomic mass is 9.61. The summed E-state index contributed by atoms with van der Waals surface area (Å²) in [4.78, 5) is 85.1. The molecule has 16 fully saturated rings. The average molecular weight is 1680 g/mol. The highest BCUT2D eigenvalue weighted by Gasteiger charge is 2.70. The lowest BCUT2D eigenvalue weighted by Crippen LogP contribution is -2.55. The number of hydrogen-bond acceptors (Lipinski definition) is 14. The quantitative estimate of drug-likeness (QED) is 0.0695. The molecule has 14 nitrogen and oxygen atoms in total. The van der Waals surface area contributed by atoms with Gasteiger partial charge in [0, 0.05) is 22.7 Å². The molecule has 688 valence electrons. The molecule has 120 heavy (non-hydrogen) atoms. The molecule has 0 aromatic rings. The third-order valence-electron chi connectivity index (χ3n) is 38.9. The Kier molecular flexibility index (Phi) is 30.8. The van der Waals surface area contributed by atoms with Gasteiger partial charge < -0.3 is 33.2 Å². The summed E-state index contributed by atoms with van der Waals surface area (Å²) in [5.41, 5.74) is -2.28. The Morgan fingerprint density at radius 2 is 0.633 bits per heavy atom. The van der Waals surface area contributed by atoms with Crippen LogP contribution in [0.25, 0.3) is 0 Å². The number of hydrogen-bond donors (Lipinski definition) is 0. The van der Waals surface area contributed by atoms with Crippen LogP contribution in [0.15, 0.2) is 0 Å². The topological polar surface area (TPSA) is 184 Å². The molecule has 0 N–H and O–H groups in total. The minimum absolute atomic E-state index is 0.00699. The molecule has 28 atom stereocenters. The van der Waals surface area contributed by atoms with E-state index in [-0.39, 0.29) is 131 Å². The molecule has 16 aliphatic carbocycles. The van der Waals surface area contributed by atoms with Crippen molar-refractivity contribution in [2.75, 3.05) is 0 Å². The first kappa shape index (κ1) is 98.5. The maximum atomic E-state index is 12.5. The van der Waals surface area contributed by atoms with Crippen molar-refractivity contribution < 1.29 is 66.7 Å². The van der Waals surface area contributed by atoms with E-state index in [1.54, 1.807) is 0 Å². The van der Waals surface area contributed by atoms with Crippen LogP contribution >= 0.6 is 0 Å². The van der Waals surface area contributed by atoms with E-state index in [1.807, 2.05) is 96.9 Å². The number of carbonyl (C=O) groups excluding carboxylic acids is 7. The largest absolute Gasteiger partial charge is 0.459 e. The Morgan fingerprint density at radius 3 is 0.958 bits per heavy atom. The Hall–Kier alpha value is -3.71. The predicted octanol–water partition coefficient (Wildman–Crippen LogP) is 26.7. The van der Waals surface area contributed by atoms with Crippen molar-refractivity contribution in [1.82, 2.24) is 0 Å². The van der Waals surface area contributed by atoms with Crippen molar-refractivity contribution in [2.24, 2.45) is 151 Å². The number of fused-ring (bicyclic) bond motifs is 20. The molecule has 14 bridgehead atoms. The first-order valence-electron chi connectivity index (χ1n) is 50.5. The summed E-state index contributed by atoms with van der Waals surface area (Å²) in [5, 5.41) is 0. The van der Waals surface area contributed by atoms with Gasteiger partial charge in [-0.1, -0.05) is 117 Å². The molecular weight excluding hydrogens is 1500 g/mol. The van der Waals surface area contributed by atoms with Crippen LogP contribution in [0.2, 0.25) is 0 Å². The van der Waals surface area contributed by atoms with Gasteiger partial charge in [0.1, 0.15) is 39.2 Å². The molecule has 0 heterocycles. The number of carbonyl (C=O) groups is 7. The molecule has 16 aliphatic rings. The van der Waals surface area contributed by atoms with E-state index in [0.29, 0.717) is 41.4 Å². The molecule has 14 heteroatoms. The van der Waals surface area contributed by atoms with Gasteiger partial charge in [-0.25, -0.2) is 0 Å². The second-order valence-electron chi connectivity index (χ2n) is 48.0. The molecule has 0 amide bonds. The van der Waals surface area contributed by atoms with Crippen LogP contribution in [0.3, 0.4) is 0 Å². The molecular formula is C106H180O14.